The van der Waals surface area contributed by atoms with Gasteiger partial charge in [-0.1, -0.05) is 48.0 Å². The first-order chi connectivity index (χ1) is 12.0. The van der Waals surface area contributed by atoms with Crippen LogP contribution in [0.3, 0.4) is 0 Å². The summed E-state index contributed by atoms with van der Waals surface area (Å²) in [6.07, 6.45) is 0. The predicted molar refractivity (Wildman–Crippen MR) is 99.9 cm³/mol. The van der Waals surface area contributed by atoms with E-state index in [4.69, 9.17) is 5.73 Å². The Labute approximate surface area is 147 Å². The summed E-state index contributed by atoms with van der Waals surface area (Å²) in [6, 6.07) is 22.6. The number of aryl methyl sites for hydroxylation is 1. The van der Waals surface area contributed by atoms with Gasteiger partial charge in [-0.15, -0.1) is 0 Å². The largest absolute Gasteiger partial charge is 0.383 e. The van der Waals surface area contributed by atoms with Crippen LogP contribution in [0.1, 0.15) is 11.1 Å². The zero-order chi connectivity index (χ0) is 17.9. The number of rotatable bonds is 4. The minimum atomic E-state index is -3.68. The molecule has 0 fully saturated rings. The van der Waals surface area contributed by atoms with Crippen LogP contribution in [0.4, 0.5) is 5.69 Å². The van der Waals surface area contributed by atoms with Gasteiger partial charge in [0.1, 0.15) is 5.84 Å². The van der Waals surface area contributed by atoms with E-state index in [9.17, 15) is 8.42 Å². The van der Waals surface area contributed by atoms with Crippen molar-refractivity contribution >= 4 is 21.4 Å². The Bertz CT molecular complexity index is 1010. The summed E-state index contributed by atoms with van der Waals surface area (Å²) in [4.78, 5) is 4.72. The number of nitrogens with two attached hydrogens (primary N) is 1. The lowest BCUT2D eigenvalue weighted by atomic mass is 10.2. The van der Waals surface area contributed by atoms with Crippen LogP contribution in [-0.2, 0) is 9.84 Å². The molecule has 0 radical (unpaired) electrons. The highest BCUT2D eigenvalue weighted by Gasteiger charge is 2.22. The van der Waals surface area contributed by atoms with Crippen molar-refractivity contribution in [1.29, 1.82) is 0 Å². The van der Waals surface area contributed by atoms with E-state index in [-0.39, 0.29) is 15.6 Å². The second-order valence-electron chi connectivity index (χ2n) is 5.65. The Balaban J connectivity index is 2.10. The molecule has 0 spiro atoms. The second-order valence-corrected chi connectivity index (χ2v) is 7.56. The Hall–Kier alpha value is -2.92. The van der Waals surface area contributed by atoms with Crippen molar-refractivity contribution in [1.82, 2.24) is 0 Å². The van der Waals surface area contributed by atoms with Crippen molar-refractivity contribution in [2.75, 3.05) is 0 Å². The van der Waals surface area contributed by atoms with E-state index in [1.165, 1.54) is 0 Å². The summed E-state index contributed by atoms with van der Waals surface area (Å²) in [5.41, 5.74) is 8.17. The molecule has 2 N–H and O–H groups in total. The molecule has 0 amide bonds. The molecule has 3 aromatic rings. The quantitative estimate of drug-likeness (QED) is 0.573. The second kappa shape index (κ2) is 6.91. The molecule has 0 saturated heterocycles. The average Bonchev–Trinajstić information content (AvgIpc) is 2.63. The van der Waals surface area contributed by atoms with Crippen molar-refractivity contribution in [3.63, 3.8) is 0 Å². The zero-order valence-corrected chi connectivity index (χ0v) is 14.6. The molecule has 0 saturated carbocycles. The van der Waals surface area contributed by atoms with Crippen molar-refractivity contribution in [2.45, 2.75) is 16.7 Å². The molecular weight excluding hydrogens is 332 g/mol. The Morgan fingerprint density at radius 3 is 2.12 bits per heavy atom. The SMILES string of the molecule is Cc1ccc(S(=O)(=O)c2ccccc2C(N)=Nc2ccccc2)cc1. The maximum Gasteiger partial charge on any atom is 0.207 e. The molecule has 0 aromatic heterocycles. The summed E-state index contributed by atoms with van der Waals surface area (Å²) >= 11 is 0. The third-order valence-corrected chi connectivity index (χ3v) is 5.62. The molecule has 0 aliphatic heterocycles. The first-order valence-corrected chi connectivity index (χ1v) is 9.27. The van der Waals surface area contributed by atoms with Gasteiger partial charge in [0.25, 0.3) is 0 Å². The van der Waals surface area contributed by atoms with E-state index in [1.807, 2.05) is 37.3 Å². The Morgan fingerprint density at radius 2 is 1.44 bits per heavy atom. The molecular formula is C20H18N2O2S. The third-order valence-electron chi connectivity index (χ3n) is 3.79. The molecule has 0 bridgehead atoms. The first-order valence-electron chi connectivity index (χ1n) is 7.79. The fraction of sp³-hybridized carbons (Fsp3) is 0.0500. The fourth-order valence-electron chi connectivity index (χ4n) is 2.46. The number of para-hydroxylation sites is 1. The molecule has 0 atom stereocenters. The fourth-order valence-corrected chi connectivity index (χ4v) is 3.93. The first kappa shape index (κ1) is 16.9. The smallest absolute Gasteiger partial charge is 0.207 e. The molecule has 126 valence electrons. The summed E-state index contributed by atoms with van der Waals surface area (Å²) in [5, 5.41) is 0. The number of aliphatic imine (C=N–C) groups is 1. The number of amidine groups is 1. The van der Waals surface area contributed by atoms with E-state index in [0.717, 1.165) is 5.56 Å². The molecule has 5 heteroatoms. The Morgan fingerprint density at radius 1 is 0.840 bits per heavy atom. The highest BCUT2D eigenvalue weighted by Crippen LogP contribution is 2.25. The van der Waals surface area contributed by atoms with Gasteiger partial charge in [-0.25, -0.2) is 13.4 Å². The van der Waals surface area contributed by atoms with Gasteiger partial charge in [0, 0.05) is 5.56 Å². The normalized spacial score (nSPS) is 12.1. The van der Waals surface area contributed by atoms with Crippen LogP contribution < -0.4 is 5.73 Å². The lowest BCUT2D eigenvalue weighted by Crippen LogP contribution is -2.17. The highest BCUT2D eigenvalue weighted by atomic mass is 32.2. The topological polar surface area (TPSA) is 72.5 Å². The molecule has 4 nitrogen and oxygen atoms in total. The van der Waals surface area contributed by atoms with E-state index >= 15 is 0 Å². The zero-order valence-electron chi connectivity index (χ0n) is 13.8. The van der Waals surface area contributed by atoms with Crippen LogP contribution in [0, 0.1) is 6.92 Å². The molecule has 0 aliphatic rings. The van der Waals surface area contributed by atoms with Crippen LogP contribution >= 0.6 is 0 Å². The van der Waals surface area contributed by atoms with Gasteiger partial charge >= 0.3 is 0 Å². The van der Waals surface area contributed by atoms with Gasteiger partial charge in [0.2, 0.25) is 9.84 Å². The minimum absolute atomic E-state index is 0.149. The number of hydrogen-bond acceptors (Lipinski definition) is 3. The number of sulfone groups is 1. The molecule has 3 rings (SSSR count). The molecule has 3 aromatic carbocycles. The van der Waals surface area contributed by atoms with Gasteiger partial charge in [-0.05, 0) is 43.3 Å². The van der Waals surface area contributed by atoms with Gasteiger partial charge < -0.3 is 5.73 Å². The van der Waals surface area contributed by atoms with Gasteiger partial charge in [-0.2, -0.15) is 0 Å². The summed E-state index contributed by atoms with van der Waals surface area (Å²) in [5.74, 6) is 0.164. The lowest BCUT2D eigenvalue weighted by molar-refractivity contribution is 0.596. The van der Waals surface area contributed by atoms with Crippen molar-refractivity contribution in [3.8, 4) is 0 Å². The summed E-state index contributed by atoms with van der Waals surface area (Å²) in [7, 11) is -3.68. The predicted octanol–water partition coefficient (Wildman–Crippen LogP) is 3.86. The van der Waals surface area contributed by atoms with E-state index in [0.29, 0.717) is 11.3 Å². The van der Waals surface area contributed by atoms with E-state index in [2.05, 4.69) is 4.99 Å². The summed E-state index contributed by atoms with van der Waals surface area (Å²) < 4.78 is 26.0. The van der Waals surface area contributed by atoms with Crippen LogP contribution in [0.25, 0.3) is 0 Å². The van der Waals surface area contributed by atoms with E-state index < -0.39 is 9.84 Å². The molecule has 25 heavy (non-hydrogen) atoms. The lowest BCUT2D eigenvalue weighted by Gasteiger charge is -2.10. The standard InChI is InChI=1S/C20H18N2O2S/c1-15-11-13-17(14-12-15)25(23,24)19-10-6-5-9-18(19)20(21)22-16-7-3-2-4-8-16/h2-14H,1H3,(H2,21,22). The number of hydrogen-bond donors (Lipinski definition) is 1. The maximum atomic E-state index is 13.0. The van der Waals surface area contributed by atoms with Crippen LogP contribution in [0.5, 0.6) is 0 Å². The summed E-state index contributed by atoms with van der Waals surface area (Å²) in [6.45, 7) is 1.91. The maximum absolute atomic E-state index is 13.0. The van der Waals surface area contributed by atoms with Gasteiger partial charge in [0.05, 0.1) is 15.5 Å². The molecule has 0 unspecified atom stereocenters. The van der Waals surface area contributed by atoms with Crippen molar-refractivity contribution in [3.05, 3.63) is 90.0 Å². The third kappa shape index (κ3) is 3.61. The van der Waals surface area contributed by atoms with Crippen LogP contribution in [-0.4, -0.2) is 14.3 Å². The average molecular weight is 350 g/mol. The molecule has 0 aliphatic carbocycles. The minimum Gasteiger partial charge on any atom is -0.383 e. The Kier molecular flexibility index (Phi) is 4.67. The van der Waals surface area contributed by atoms with E-state index in [1.54, 1.807) is 48.5 Å². The highest BCUT2D eigenvalue weighted by molar-refractivity contribution is 7.91. The monoisotopic (exact) mass is 350 g/mol. The van der Waals surface area contributed by atoms with Crippen molar-refractivity contribution in [2.24, 2.45) is 10.7 Å². The molecule has 0 heterocycles. The van der Waals surface area contributed by atoms with Crippen LogP contribution in [0.15, 0.2) is 93.6 Å². The van der Waals surface area contributed by atoms with Gasteiger partial charge in [0.15, 0.2) is 0 Å². The van der Waals surface area contributed by atoms with Crippen LogP contribution in [0.2, 0.25) is 0 Å². The van der Waals surface area contributed by atoms with Gasteiger partial charge in [-0.3, -0.25) is 0 Å². The number of nitrogens with zero attached hydrogens (tertiary/aromatic N) is 1. The van der Waals surface area contributed by atoms with Crippen molar-refractivity contribution < 1.29 is 8.42 Å². The number of benzene rings is 3.